The highest BCUT2D eigenvalue weighted by Gasteiger charge is 2.31. The Kier molecular flexibility index (Phi) is 3.76. The number of nitrogen functional groups attached to an aromatic ring is 1. The molecule has 21 heavy (non-hydrogen) atoms. The Labute approximate surface area is 126 Å². The number of hydrogen-bond donors (Lipinski definition) is 1. The third-order valence-corrected chi connectivity index (χ3v) is 4.40. The summed E-state index contributed by atoms with van der Waals surface area (Å²) in [4.78, 5) is 18.6. The summed E-state index contributed by atoms with van der Waals surface area (Å²) in [6.07, 6.45) is 2.71. The number of nitrogens with two attached hydrogens (primary N) is 1. The van der Waals surface area contributed by atoms with Gasteiger partial charge < -0.3 is 15.5 Å². The molecule has 2 fully saturated rings. The van der Waals surface area contributed by atoms with E-state index in [0.717, 1.165) is 43.6 Å². The van der Waals surface area contributed by atoms with Gasteiger partial charge in [0, 0.05) is 51.9 Å². The molecule has 1 aliphatic heterocycles. The Bertz CT molecular complexity index is 531. The predicted molar refractivity (Wildman–Crippen MR) is 85.7 cm³/mol. The first-order chi connectivity index (χ1) is 10.1. The lowest BCUT2D eigenvalue weighted by molar-refractivity contribution is 0.0827. The standard InChI is InChI=1S/C16H24N4O/c1-18(2)16(21)12-3-6-14(17)15(11-12)20-9-7-19(8-10-20)13-4-5-13/h3,6,11,13H,4-5,7-10,17H2,1-2H3. The van der Waals surface area contributed by atoms with Crippen molar-refractivity contribution in [3.8, 4) is 0 Å². The average molecular weight is 288 g/mol. The Morgan fingerprint density at radius 1 is 1.19 bits per heavy atom. The Morgan fingerprint density at radius 2 is 1.86 bits per heavy atom. The molecule has 0 bridgehead atoms. The average Bonchev–Trinajstić information content (AvgIpc) is 3.32. The molecule has 0 unspecified atom stereocenters. The van der Waals surface area contributed by atoms with Crippen molar-refractivity contribution in [2.45, 2.75) is 18.9 Å². The topological polar surface area (TPSA) is 52.8 Å². The fourth-order valence-electron chi connectivity index (χ4n) is 2.98. The SMILES string of the molecule is CN(C)C(=O)c1ccc(N)c(N2CCN(C3CC3)CC2)c1. The van der Waals surface area contributed by atoms with Crippen molar-refractivity contribution in [3.05, 3.63) is 23.8 Å². The minimum atomic E-state index is 0.0212. The van der Waals surface area contributed by atoms with Crippen LogP contribution in [-0.2, 0) is 0 Å². The molecule has 1 amide bonds. The molecule has 2 aliphatic rings. The van der Waals surface area contributed by atoms with Gasteiger partial charge in [-0.2, -0.15) is 0 Å². The second kappa shape index (κ2) is 5.56. The minimum absolute atomic E-state index is 0.0212. The molecule has 3 rings (SSSR count). The summed E-state index contributed by atoms with van der Waals surface area (Å²) in [5.41, 5.74) is 8.58. The van der Waals surface area contributed by atoms with E-state index in [-0.39, 0.29) is 5.91 Å². The van der Waals surface area contributed by atoms with E-state index in [4.69, 9.17) is 5.73 Å². The summed E-state index contributed by atoms with van der Waals surface area (Å²) in [7, 11) is 3.54. The fourth-order valence-corrected chi connectivity index (χ4v) is 2.98. The summed E-state index contributed by atoms with van der Waals surface area (Å²) < 4.78 is 0. The Morgan fingerprint density at radius 3 is 2.43 bits per heavy atom. The van der Waals surface area contributed by atoms with Gasteiger partial charge in [-0.3, -0.25) is 9.69 Å². The zero-order chi connectivity index (χ0) is 15.0. The van der Waals surface area contributed by atoms with E-state index in [2.05, 4.69) is 9.80 Å². The van der Waals surface area contributed by atoms with E-state index in [1.54, 1.807) is 19.0 Å². The lowest BCUT2D eigenvalue weighted by Crippen LogP contribution is -2.47. The third-order valence-electron chi connectivity index (χ3n) is 4.40. The molecule has 1 saturated heterocycles. The van der Waals surface area contributed by atoms with Crippen LogP contribution in [0.25, 0.3) is 0 Å². The molecule has 0 aromatic heterocycles. The number of nitrogens with zero attached hydrogens (tertiary/aromatic N) is 3. The smallest absolute Gasteiger partial charge is 0.253 e. The number of anilines is 2. The molecule has 5 nitrogen and oxygen atoms in total. The molecule has 1 heterocycles. The van der Waals surface area contributed by atoms with Crippen molar-refractivity contribution in [1.82, 2.24) is 9.80 Å². The van der Waals surface area contributed by atoms with Crippen LogP contribution in [0.5, 0.6) is 0 Å². The molecular weight excluding hydrogens is 264 g/mol. The van der Waals surface area contributed by atoms with Crippen molar-refractivity contribution in [3.63, 3.8) is 0 Å². The predicted octanol–water partition coefficient (Wildman–Crippen LogP) is 1.25. The Balaban J connectivity index is 1.75. The Hall–Kier alpha value is -1.75. The molecule has 1 aromatic carbocycles. The number of benzene rings is 1. The first kappa shape index (κ1) is 14.2. The van der Waals surface area contributed by atoms with Crippen molar-refractivity contribution in [2.24, 2.45) is 0 Å². The first-order valence-corrected chi connectivity index (χ1v) is 7.66. The number of amides is 1. The van der Waals surface area contributed by atoms with Gasteiger partial charge in [0.15, 0.2) is 0 Å². The van der Waals surface area contributed by atoms with Crippen LogP contribution < -0.4 is 10.6 Å². The summed E-state index contributed by atoms with van der Waals surface area (Å²) in [5, 5.41) is 0. The van der Waals surface area contributed by atoms with Gasteiger partial charge in [0.05, 0.1) is 11.4 Å². The zero-order valence-corrected chi connectivity index (χ0v) is 12.9. The van der Waals surface area contributed by atoms with Crippen molar-refractivity contribution >= 4 is 17.3 Å². The second-order valence-electron chi connectivity index (χ2n) is 6.23. The second-order valence-corrected chi connectivity index (χ2v) is 6.23. The van der Waals surface area contributed by atoms with E-state index in [1.807, 2.05) is 18.2 Å². The molecule has 0 radical (unpaired) electrons. The monoisotopic (exact) mass is 288 g/mol. The number of carbonyl (C=O) groups is 1. The lowest BCUT2D eigenvalue weighted by atomic mass is 10.1. The van der Waals surface area contributed by atoms with Crippen LogP contribution in [0.2, 0.25) is 0 Å². The van der Waals surface area contributed by atoms with Gasteiger partial charge in [-0.1, -0.05) is 0 Å². The maximum Gasteiger partial charge on any atom is 0.253 e. The van der Waals surface area contributed by atoms with Crippen molar-refractivity contribution in [2.75, 3.05) is 50.9 Å². The molecular formula is C16H24N4O. The van der Waals surface area contributed by atoms with Crippen molar-refractivity contribution in [1.29, 1.82) is 0 Å². The van der Waals surface area contributed by atoms with E-state index >= 15 is 0 Å². The van der Waals surface area contributed by atoms with Crippen LogP contribution in [0.1, 0.15) is 23.2 Å². The van der Waals surface area contributed by atoms with E-state index < -0.39 is 0 Å². The van der Waals surface area contributed by atoms with Crippen LogP contribution >= 0.6 is 0 Å². The van der Waals surface area contributed by atoms with Crippen molar-refractivity contribution < 1.29 is 4.79 Å². The van der Waals surface area contributed by atoms with Gasteiger partial charge in [-0.05, 0) is 31.0 Å². The molecule has 1 saturated carbocycles. The number of rotatable bonds is 3. The first-order valence-electron chi connectivity index (χ1n) is 7.66. The van der Waals surface area contributed by atoms with Crippen LogP contribution in [0.3, 0.4) is 0 Å². The summed E-state index contributed by atoms with van der Waals surface area (Å²) in [5.74, 6) is 0.0212. The molecule has 0 spiro atoms. The molecule has 0 atom stereocenters. The van der Waals surface area contributed by atoms with Gasteiger partial charge in [0.2, 0.25) is 0 Å². The fraction of sp³-hybridized carbons (Fsp3) is 0.562. The van der Waals surface area contributed by atoms with Crippen LogP contribution in [-0.4, -0.2) is 62.0 Å². The molecule has 2 N–H and O–H groups in total. The largest absolute Gasteiger partial charge is 0.397 e. The zero-order valence-electron chi connectivity index (χ0n) is 12.9. The molecule has 5 heteroatoms. The van der Waals surface area contributed by atoms with E-state index in [9.17, 15) is 4.79 Å². The summed E-state index contributed by atoms with van der Waals surface area (Å²) >= 11 is 0. The number of piperazine rings is 1. The van der Waals surface area contributed by atoms with Gasteiger partial charge in [-0.25, -0.2) is 0 Å². The maximum atomic E-state index is 12.1. The normalized spacial score (nSPS) is 19.6. The van der Waals surface area contributed by atoms with E-state index in [0.29, 0.717) is 5.56 Å². The minimum Gasteiger partial charge on any atom is -0.397 e. The highest BCUT2D eigenvalue weighted by atomic mass is 16.2. The van der Waals surface area contributed by atoms with Gasteiger partial charge >= 0.3 is 0 Å². The highest BCUT2D eigenvalue weighted by molar-refractivity contribution is 5.96. The molecule has 1 aliphatic carbocycles. The summed E-state index contributed by atoms with van der Waals surface area (Å²) in [6.45, 7) is 4.16. The number of carbonyl (C=O) groups excluding carboxylic acids is 1. The lowest BCUT2D eigenvalue weighted by Gasteiger charge is -2.36. The third kappa shape index (κ3) is 2.97. The quantitative estimate of drug-likeness (QED) is 0.851. The van der Waals surface area contributed by atoms with Gasteiger partial charge in [-0.15, -0.1) is 0 Å². The maximum absolute atomic E-state index is 12.1. The van der Waals surface area contributed by atoms with Crippen LogP contribution in [0.15, 0.2) is 18.2 Å². The van der Waals surface area contributed by atoms with E-state index in [1.165, 1.54) is 12.8 Å². The van der Waals surface area contributed by atoms with Gasteiger partial charge in [0.1, 0.15) is 0 Å². The highest BCUT2D eigenvalue weighted by Crippen LogP contribution is 2.30. The van der Waals surface area contributed by atoms with Crippen LogP contribution in [0, 0.1) is 0 Å². The summed E-state index contributed by atoms with van der Waals surface area (Å²) in [6, 6.07) is 6.41. The van der Waals surface area contributed by atoms with Crippen LogP contribution in [0.4, 0.5) is 11.4 Å². The molecule has 114 valence electrons. The number of hydrogen-bond acceptors (Lipinski definition) is 4. The molecule has 1 aromatic rings. The van der Waals surface area contributed by atoms with Gasteiger partial charge in [0.25, 0.3) is 5.91 Å².